The van der Waals surface area contributed by atoms with Crippen LogP contribution in [-0.4, -0.2) is 20.3 Å². The van der Waals surface area contributed by atoms with E-state index in [1.54, 1.807) is 24.3 Å². The molecule has 4 aromatic rings. The Morgan fingerprint density at radius 3 is 2.21 bits per heavy atom. The highest BCUT2D eigenvalue weighted by atomic mass is 35.5. The fraction of sp³-hybridized carbons (Fsp3) is 0.0833. The first kappa shape index (κ1) is 23.1. The van der Waals surface area contributed by atoms with Crippen molar-refractivity contribution in [2.24, 2.45) is 0 Å². The highest BCUT2D eigenvalue weighted by molar-refractivity contribution is 6.30. The van der Waals surface area contributed by atoms with E-state index in [0.717, 1.165) is 21.4 Å². The van der Waals surface area contributed by atoms with Crippen molar-refractivity contribution in [3.05, 3.63) is 127 Å². The Balaban J connectivity index is 1.76. The third kappa shape index (κ3) is 5.10. The van der Waals surface area contributed by atoms with E-state index in [0.29, 0.717) is 16.1 Å². The van der Waals surface area contributed by atoms with E-state index >= 15 is 0 Å². The highest BCUT2D eigenvalue weighted by Crippen LogP contribution is 2.11. The van der Waals surface area contributed by atoms with Crippen LogP contribution in [0.15, 0.2) is 82.4 Å². The van der Waals surface area contributed by atoms with Gasteiger partial charge in [0.25, 0.3) is 11.5 Å². The number of carbonyl (C=O) groups excluding carboxylic acids is 1. The molecule has 0 radical (unpaired) electrons. The molecule has 0 atom stereocenters. The summed E-state index contributed by atoms with van der Waals surface area (Å²) >= 11 is 6.02. The predicted octanol–water partition coefficient (Wildman–Crippen LogP) is 3.30. The molecule has 1 heterocycles. The average molecular weight is 483 g/mol. The number of nitrogens with one attached hydrogen (secondary N) is 1. The Morgan fingerprint density at radius 2 is 1.56 bits per heavy atom. The van der Waals surface area contributed by atoms with Gasteiger partial charge in [0.15, 0.2) is 0 Å². The van der Waals surface area contributed by atoms with Gasteiger partial charge >= 0.3 is 5.69 Å². The highest BCUT2D eigenvalue weighted by Gasteiger charge is 2.20. The molecule has 3 aromatic carbocycles. The van der Waals surface area contributed by atoms with Gasteiger partial charge in [-0.2, -0.15) is 9.78 Å². The molecule has 0 aliphatic carbocycles. The normalized spacial score (nSPS) is 10.8. The SMILES string of the molecule is O=C(NCc1ccc(F)cc1)c1nn(-c2ccc(F)cc2)c(=O)n(Cc2cccc(Cl)c2)c1=O. The molecule has 1 N–H and O–H groups in total. The van der Waals surface area contributed by atoms with Gasteiger partial charge in [0, 0.05) is 11.6 Å². The number of rotatable bonds is 6. The number of hydrogen-bond donors (Lipinski definition) is 1. The summed E-state index contributed by atoms with van der Waals surface area (Å²) in [5.74, 6) is -1.78. The number of nitrogens with zero attached hydrogens (tertiary/aromatic N) is 3. The molecule has 0 unspecified atom stereocenters. The van der Waals surface area contributed by atoms with Crippen LogP contribution in [0.2, 0.25) is 5.02 Å². The van der Waals surface area contributed by atoms with Crippen LogP contribution in [0, 0.1) is 11.6 Å². The minimum atomic E-state index is -0.903. The quantitative estimate of drug-likeness (QED) is 0.457. The summed E-state index contributed by atoms with van der Waals surface area (Å²) in [6.07, 6.45) is 0. The van der Waals surface area contributed by atoms with E-state index in [1.807, 2.05) is 0 Å². The first-order valence-corrected chi connectivity index (χ1v) is 10.5. The summed E-state index contributed by atoms with van der Waals surface area (Å²) in [6.45, 7) is -0.162. The van der Waals surface area contributed by atoms with Crippen molar-refractivity contribution in [3.63, 3.8) is 0 Å². The van der Waals surface area contributed by atoms with Gasteiger partial charge in [0.05, 0.1) is 12.2 Å². The van der Waals surface area contributed by atoms with Crippen LogP contribution in [0.4, 0.5) is 8.78 Å². The Labute approximate surface area is 196 Å². The van der Waals surface area contributed by atoms with E-state index in [9.17, 15) is 23.2 Å². The summed E-state index contributed by atoms with van der Waals surface area (Å²) in [5, 5.41) is 6.93. The van der Waals surface area contributed by atoms with Gasteiger partial charge in [-0.1, -0.05) is 35.9 Å². The Hall–Kier alpha value is -4.11. The maximum atomic E-state index is 13.4. The first-order chi connectivity index (χ1) is 16.3. The summed E-state index contributed by atoms with van der Waals surface area (Å²) in [5.41, 5.74) is -0.930. The summed E-state index contributed by atoms with van der Waals surface area (Å²) < 4.78 is 28.2. The maximum Gasteiger partial charge on any atom is 0.352 e. The van der Waals surface area contributed by atoms with Crippen molar-refractivity contribution in [1.82, 2.24) is 19.7 Å². The van der Waals surface area contributed by atoms with Gasteiger partial charge in [0.1, 0.15) is 11.6 Å². The molecule has 0 saturated carbocycles. The monoisotopic (exact) mass is 482 g/mol. The first-order valence-electron chi connectivity index (χ1n) is 10.1. The predicted molar refractivity (Wildman–Crippen MR) is 122 cm³/mol. The van der Waals surface area contributed by atoms with Crippen LogP contribution < -0.4 is 16.6 Å². The standard InChI is InChI=1S/C24H17ClF2N4O3/c25-17-3-1-2-16(12-17)14-30-23(33)21(22(32)28-13-15-4-6-18(26)7-5-15)29-31(24(30)34)20-10-8-19(27)9-11-20/h1-12H,13-14H2,(H,28,32). The van der Waals surface area contributed by atoms with E-state index in [1.165, 1.54) is 36.4 Å². The molecule has 4 rings (SSSR count). The van der Waals surface area contributed by atoms with Crippen LogP contribution in [-0.2, 0) is 13.1 Å². The summed E-state index contributed by atoms with van der Waals surface area (Å²) in [6, 6.07) is 16.9. The molecule has 0 saturated heterocycles. The Bertz CT molecular complexity index is 1470. The van der Waals surface area contributed by atoms with E-state index < -0.39 is 34.5 Å². The van der Waals surface area contributed by atoms with Crippen LogP contribution in [0.1, 0.15) is 21.6 Å². The van der Waals surface area contributed by atoms with E-state index in [-0.39, 0.29) is 18.8 Å². The number of halogens is 3. The molecule has 0 bridgehead atoms. The van der Waals surface area contributed by atoms with Crippen molar-refractivity contribution in [1.29, 1.82) is 0 Å². The molecule has 0 aliphatic rings. The zero-order valence-corrected chi connectivity index (χ0v) is 18.3. The van der Waals surface area contributed by atoms with Gasteiger partial charge in [0.2, 0.25) is 5.69 Å². The van der Waals surface area contributed by atoms with Crippen LogP contribution in [0.3, 0.4) is 0 Å². The second kappa shape index (κ2) is 9.80. The zero-order chi connectivity index (χ0) is 24.2. The molecule has 34 heavy (non-hydrogen) atoms. The smallest absolute Gasteiger partial charge is 0.346 e. The number of aromatic nitrogens is 3. The maximum absolute atomic E-state index is 13.4. The van der Waals surface area contributed by atoms with Crippen molar-refractivity contribution >= 4 is 17.5 Å². The van der Waals surface area contributed by atoms with Crippen LogP contribution >= 0.6 is 11.6 Å². The summed E-state index contributed by atoms with van der Waals surface area (Å²) in [7, 11) is 0. The molecule has 1 amide bonds. The average Bonchev–Trinajstić information content (AvgIpc) is 2.82. The minimum Gasteiger partial charge on any atom is -0.346 e. The lowest BCUT2D eigenvalue weighted by atomic mass is 10.2. The number of hydrogen-bond acceptors (Lipinski definition) is 4. The van der Waals surface area contributed by atoms with E-state index in [2.05, 4.69) is 10.4 Å². The molecule has 0 spiro atoms. The molecule has 172 valence electrons. The van der Waals surface area contributed by atoms with Gasteiger partial charge in [-0.25, -0.2) is 13.6 Å². The number of carbonyl (C=O) groups is 1. The third-order valence-electron chi connectivity index (χ3n) is 4.94. The lowest BCUT2D eigenvalue weighted by molar-refractivity contribution is 0.0941. The van der Waals surface area contributed by atoms with Crippen molar-refractivity contribution in [2.75, 3.05) is 0 Å². The minimum absolute atomic E-state index is 0.00417. The van der Waals surface area contributed by atoms with Crippen molar-refractivity contribution in [3.8, 4) is 5.69 Å². The fourth-order valence-electron chi connectivity index (χ4n) is 3.23. The summed E-state index contributed by atoms with van der Waals surface area (Å²) in [4.78, 5) is 39.1. The van der Waals surface area contributed by atoms with Gasteiger partial charge in [-0.05, 0) is 59.7 Å². The molecule has 0 aliphatic heterocycles. The van der Waals surface area contributed by atoms with E-state index in [4.69, 9.17) is 11.6 Å². The third-order valence-corrected chi connectivity index (χ3v) is 5.18. The van der Waals surface area contributed by atoms with Crippen molar-refractivity contribution < 1.29 is 13.6 Å². The van der Waals surface area contributed by atoms with Crippen LogP contribution in [0.25, 0.3) is 5.69 Å². The second-order valence-corrected chi connectivity index (χ2v) is 7.79. The zero-order valence-electron chi connectivity index (χ0n) is 17.5. The molecular formula is C24H17ClF2N4O3. The molecular weight excluding hydrogens is 466 g/mol. The van der Waals surface area contributed by atoms with Crippen molar-refractivity contribution in [2.45, 2.75) is 13.1 Å². The Morgan fingerprint density at radius 1 is 0.912 bits per heavy atom. The fourth-order valence-corrected chi connectivity index (χ4v) is 3.45. The largest absolute Gasteiger partial charge is 0.352 e. The van der Waals surface area contributed by atoms with Gasteiger partial charge < -0.3 is 5.32 Å². The van der Waals surface area contributed by atoms with Gasteiger partial charge in [-0.3, -0.25) is 14.2 Å². The lowest BCUT2D eigenvalue weighted by Gasteiger charge is -2.12. The molecule has 0 fully saturated rings. The number of amides is 1. The molecule has 7 nitrogen and oxygen atoms in total. The Kier molecular flexibility index (Phi) is 6.65. The van der Waals surface area contributed by atoms with Crippen LogP contribution in [0.5, 0.6) is 0 Å². The van der Waals surface area contributed by atoms with Gasteiger partial charge in [-0.15, -0.1) is 0 Å². The lowest BCUT2D eigenvalue weighted by Crippen LogP contribution is -2.46. The second-order valence-electron chi connectivity index (χ2n) is 7.35. The topological polar surface area (TPSA) is 86.0 Å². The number of benzene rings is 3. The molecule has 10 heteroatoms. The molecule has 1 aromatic heterocycles.